The predicted octanol–water partition coefficient (Wildman–Crippen LogP) is 3.45. The van der Waals surface area contributed by atoms with E-state index in [0.717, 1.165) is 11.3 Å². The summed E-state index contributed by atoms with van der Waals surface area (Å²) in [5, 5.41) is 15.5. The van der Waals surface area contributed by atoms with Crippen molar-refractivity contribution in [1.82, 2.24) is 0 Å². The van der Waals surface area contributed by atoms with E-state index in [1.165, 1.54) is 12.1 Å². The molecule has 2 aromatic rings. The molecule has 2 amide bonds. The second kappa shape index (κ2) is 5.51. The van der Waals surface area contributed by atoms with Crippen LogP contribution in [0.4, 0.5) is 11.4 Å². The monoisotopic (exact) mass is 336 g/mol. The molecule has 0 aromatic heterocycles. The van der Waals surface area contributed by atoms with Crippen LogP contribution in [0.2, 0.25) is 10.0 Å². The number of fused-ring (bicyclic) bond motifs is 1. The summed E-state index contributed by atoms with van der Waals surface area (Å²) in [6.07, 6.45) is 0.270. The van der Waals surface area contributed by atoms with Crippen molar-refractivity contribution in [3.8, 4) is 5.75 Å². The van der Waals surface area contributed by atoms with Crippen LogP contribution >= 0.6 is 23.2 Å². The number of rotatable bonds is 2. The van der Waals surface area contributed by atoms with Crippen molar-refractivity contribution in [3.05, 3.63) is 51.5 Å². The third-order valence-corrected chi connectivity index (χ3v) is 3.77. The molecule has 7 heteroatoms. The van der Waals surface area contributed by atoms with Crippen molar-refractivity contribution < 1.29 is 14.7 Å². The Kier molecular flexibility index (Phi) is 3.68. The van der Waals surface area contributed by atoms with Gasteiger partial charge in [-0.1, -0.05) is 23.2 Å². The fraction of sp³-hybridized carbons (Fsp3) is 0.0667. The minimum Gasteiger partial charge on any atom is -0.507 e. The highest BCUT2D eigenvalue weighted by molar-refractivity contribution is 6.37. The Morgan fingerprint density at radius 1 is 1.23 bits per heavy atom. The highest BCUT2D eigenvalue weighted by Gasteiger charge is 2.20. The average Bonchev–Trinajstić information content (AvgIpc) is 2.76. The molecule has 0 aliphatic carbocycles. The zero-order chi connectivity index (χ0) is 15.9. The molecule has 2 aromatic carbocycles. The highest BCUT2D eigenvalue weighted by atomic mass is 35.5. The molecule has 1 aliphatic heterocycles. The Hall–Kier alpha value is -2.24. The third-order valence-electron chi connectivity index (χ3n) is 3.25. The first-order valence-corrected chi connectivity index (χ1v) is 7.12. The van der Waals surface area contributed by atoms with E-state index >= 15 is 0 Å². The molecule has 3 N–H and O–H groups in total. The summed E-state index contributed by atoms with van der Waals surface area (Å²) in [7, 11) is 0. The second-order valence-electron chi connectivity index (χ2n) is 4.83. The van der Waals surface area contributed by atoms with E-state index in [1.807, 2.05) is 0 Å². The maximum absolute atomic E-state index is 12.3. The maximum Gasteiger partial charge on any atom is 0.260 e. The van der Waals surface area contributed by atoms with Crippen LogP contribution in [0, 0.1) is 0 Å². The van der Waals surface area contributed by atoms with Gasteiger partial charge in [0.25, 0.3) is 5.91 Å². The first kappa shape index (κ1) is 14.7. The van der Waals surface area contributed by atoms with Gasteiger partial charge in [0.2, 0.25) is 5.91 Å². The lowest BCUT2D eigenvalue weighted by Crippen LogP contribution is -2.13. The number of hydrogen-bond donors (Lipinski definition) is 3. The first-order valence-electron chi connectivity index (χ1n) is 6.36. The molecule has 1 aliphatic rings. The van der Waals surface area contributed by atoms with Gasteiger partial charge >= 0.3 is 0 Å². The SMILES string of the molecule is O=C1Cc2cc(NC(=O)c3c(O)cc(Cl)cc3Cl)ccc2N1. The summed E-state index contributed by atoms with van der Waals surface area (Å²) >= 11 is 11.7. The molecule has 0 saturated carbocycles. The molecular formula is C15H10Cl2N2O3. The van der Waals surface area contributed by atoms with Crippen molar-refractivity contribution in [2.45, 2.75) is 6.42 Å². The number of halogens is 2. The topological polar surface area (TPSA) is 78.4 Å². The molecule has 0 unspecified atom stereocenters. The Labute approximate surface area is 135 Å². The quantitative estimate of drug-likeness (QED) is 0.785. The number of aromatic hydroxyl groups is 1. The number of carbonyl (C=O) groups is 2. The van der Waals surface area contributed by atoms with Gasteiger partial charge in [-0.05, 0) is 35.9 Å². The Morgan fingerprint density at radius 2 is 2.00 bits per heavy atom. The zero-order valence-electron chi connectivity index (χ0n) is 11.1. The lowest BCUT2D eigenvalue weighted by molar-refractivity contribution is -0.115. The maximum atomic E-state index is 12.3. The molecule has 0 radical (unpaired) electrons. The number of amides is 2. The molecule has 112 valence electrons. The summed E-state index contributed by atoms with van der Waals surface area (Å²) in [6.45, 7) is 0. The van der Waals surface area contributed by atoms with Gasteiger partial charge in [-0.15, -0.1) is 0 Å². The van der Waals surface area contributed by atoms with Gasteiger partial charge in [-0.2, -0.15) is 0 Å². The van der Waals surface area contributed by atoms with Gasteiger partial charge in [0, 0.05) is 16.4 Å². The van der Waals surface area contributed by atoms with Gasteiger partial charge in [0.15, 0.2) is 0 Å². The molecule has 0 fully saturated rings. The highest BCUT2D eigenvalue weighted by Crippen LogP contribution is 2.31. The van der Waals surface area contributed by atoms with Gasteiger partial charge in [0.05, 0.1) is 11.4 Å². The van der Waals surface area contributed by atoms with Crippen LogP contribution in [-0.2, 0) is 11.2 Å². The molecule has 1 heterocycles. The van der Waals surface area contributed by atoms with Crippen LogP contribution in [0.25, 0.3) is 0 Å². The number of phenolic OH excluding ortho intramolecular Hbond substituents is 1. The number of carbonyl (C=O) groups excluding carboxylic acids is 2. The standard InChI is InChI=1S/C15H10Cl2N2O3/c16-8-5-10(17)14(12(20)6-8)15(22)18-9-1-2-11-7(3-9)4-13(21)19-11/h1-3,5-6,20H,4H2,(H,18,22)(H,19,21). The molecule has 3 rings (SSSR count). The van der Waals surface area contributed by atoms with E-state index in [9.17, 15) is 14.7 Å². The summed E-state index contributed by atoms with van der Waals surface area (Å²) in [6, 6.07) is 7.69. The van der Waals surface area contributed by atoms with Crippen LogP contribution in [0.5, 0.6) is 5.75 Å². The summed E-state index contributed by atoms with van der Waals surface area (Å²) in [5.74, 6) is -0.943. The fourth-order valence-electron chi connectivity index (χ4n) is 2.29. The smallest absolute Gasteiger partial charge is 0.260 e. The zero-order valence-corrected chi connectivity index (χ0v) is 12.6. The van der Waals surface area contributed by atoms with E-state index in [1.54, 1.807) is 18.2 Å². The molecule has 0 spiro atoms. The van der Waals surface area contributed by atoms with Crippen LogP contribution in [-0.4, -0.2) is 16.9 Å². The van der Waals surface area contributed by atoms with Gasteiger partial charge in [0.1, 0.15) is 11.3 Å². The van der Waals surface area contributed by atoms with E-state index in [4.69, 9.17) is 23.2 Å². The lowest BCUT2D eigenvalue weighted by Gasteiger charge is -2.10. The lowest BCUT2D eigenvalue weighted by atomic mass is 10.1. The summed E-state index contributed by atoms with van der Waals surface area (Å²) < 4.78 is 0. The molecule has 0 saturated heterocycles. The van der Waals surface area contributed by atoms with Crippen LogP contribution in [0.1, 0.15) is 15.9 Å². The van der Waals surface area contributed by atoms with Crippen LogP contribution < -0.4 is 10.6 Å². The Bertz CT molecular complexity index is 782. The van der Waals surface area contributed by atoms with E-state index in [-0.39, 0.29) is 33.7 Å². The van der Waals surface area contributed by atoms with Crippen LogP contribution in [0.3, 0.4) is 0 Å². The van der Waals surface area contributed by atoms with Gasteiger partial charge in [-0.3, -0.25) is 9.59 Å². The molecule has 5 nitrogen and oxygen atoms in total. The molecule has 22 heavy (non-hydrogen) atoms. The van der Waals surface area contributed by atoms with E-state index in [0.29, 0.717) is 5.69 Å². The predicted molar refractivity (Wildman–Crippen MR) is 84.9 cm³/mol. The third kappa shape index (κ3) is 2.73. The Balaban J connectivity index is 1.87. The van der Waals surface area contributed by atoms with Crippen molar-refractivity contribution in [3.63, 3.8) is 0 Å². The second-order valence-corrected chi connectivity index (χ2v) is 5.68. The number of anilines is 2. The number of benzene rings is 2. The molecule has 0 bridgehead atoms. The molecular weight excluding hydrogens is 327 g/mol. The minimum atomic E-state index is -0.559. The van der Waals surface area contributed by atoms with Gasteiger partial charge < -0.3 is 15.7 Å². The van der Waals surface area contributed by atoms with Crippen molar-refractivity contribution in [2.24, 2.45) is 0 Å². The Morgan fingerprint density at radius 3 is 2.73 bits per heavy atom. The first-order chi connectivity index (χ1) is 10.4. The van der Waals surface area contributed by atoms with Crippen molar-refractivity contribution in [1.29, 1.82) is 0 Å². The molecule has 0 atom stereocenters. The number of nitrogens with one attached hydrogen (secondary N) is 2. The number of phenols is 1. The summed E-state index contributed by atoms with van der Waals surface area (Å²) in [5.41, 5.74) is 1.98. The fourth-order valence-corrected chi connectivity index (χ4v) is 2.85. The average molecular weight is 337 g/mol. The van der Waals surface area contributed by atoms with E-state index < -0.39 is 5.91 Å². The van der Waals surface area contributed by atoms with Crippen LogP contribution in [0.15, 0.2) is 30.3 Å². The van der Waals surface area contributed by atoms with E-state index in [2.05, 4.69) is 10.6 Å². The van der Waals surface area contributed by atoms with Crippen molar-refractivity contribution >= 4 is 46.4 Å². The summed E-state index contributed by atoms with van der Waals surface area (Å²) in [4.78, 5) is 23.6. The normalized spacial score (nSPS) is 12.7. The minimum absolute atomic E-state index is 0.0548. The van der Waals surface area contributed by atoms with Gasteiger partial charge in [-0.25, -0.2) is 0 Å². The largest absolute Gasteiger partial charge is 0.507 e. The van der Waals surface area contributed by atoms with Crippen molar-refractivity contribution in [2.75, 3.05) is 10.6 Å². The number of hydrogen-bond acceptors (Lipinski definition) is 3.